The predicted octanol–water partition coefficient (Wildman–Crippen LogP) is 2.55. The highest BCUT2D eigenvalue weighted by molar-refractivity contribution is 5.95. The van der Waals surface area contributed by atoms with Crippen molar-refractivity contribution in [3.05, 3.63) is 29.8 Å². The topological polar surface area (TPSA) is 52.8 Å². The van der Waals surface area contributed by atoms with Crippen LogP contribution < -0.4 is 10.6 Å². The molecule has 5 rings (SSSR count). The molecule has 1 aromatic rings. The van der Waals surface area contributed by atoms with Crippen LogP contribution in [0.3, 0.4) is 0 Å². The summed E-state index contributed by atoms with van der Waals surface area (Å²) in [5.74, 6) is 0. The van der Waals surface area contributed by atoms with E-state index in [1.54, 1.807) is 0 Å². The number of fused-ring (bicyclic) bond motifs is 1. The molecule has 3 aliphatic heterocycles. The van der Waals surface area contributed by atoms with E-state index in [9.17, 15) is 4.79 Å². The second kappa shape index (κ2) is 6.24. The third kappa shape index (κ3) is 2.55. The molecule has 1 aromatic carbocycles. The van der Waals surface area contributed by atoms with Gasteiger partial charge in [-0.3, -0.25) is 4.90 Å². The molecule has 5 heteroatoms. The first kappa shape index (κ1) is 16.6. The smallest absolute Gasteiger partial charge is 0.324 e. The highest BCUT2D eigenvalue weighted by atomic mass is 16.2. The van der Waals surface area contributed by atoms with Gasteiger partial charge in [0.25, 0.3) is 0 Å². The van der Waals surface area contributed by atoms with Crippen LogP contribution in [0.5, 0.6) is 0 Å². The molecule has 0 aromatic heterocycles. The van der Waals surface area contributed by atoms with Crippen LogP contribution in [0.4, 0.5) is 10.5 Å². The van der Waals surface area contributed by atoms with Gasteiger partial charge in [-0.1, -0.05) is 18.6 Å². The Morgan fingerprint density at radius 1 is 1.04 bits per heavy atom. The maximum Gasteiger partial charge on any atom is 0.324 e. The average Bonchev–Trinajstić information content (AvgIpc) is 3.32. The minimum atomic E-state index is 0.127. The Balaban J connectivity index is 1.33. The molecular weight excluding hydrogens is 324 g/mol. The van der Waals surface area contributed by atoms with Crippen LogP contribution in [0, 0.1) is 0 Å². The Morgan fingerprint density at radius 2 is 1.77 bits per heavy atom. The van der Waals surface area contributed by atoms with Crippen molar-refractivity contribution in [1.82, 2.24) is 9.80 Å². The molecule has 0 spiro atoms. The third-order valence-corrected chi connectivity index (χ3v) is 7.27. The molecule has 4 fully saturated rings. The molecule has 2 atom stereocenters. The average molecular weight is 354 g/mol. The lowest BCUT2D eigenvalue weighted by atomic mass is 9.64. The van der Waals surface area contributed by atoms with E-state index in [-0.39, 0.29) is 18.1 Å². The van der Waals surface area contributed by atoms with E-state index in [4.69, 9.17) is 5.73 Å². The van der Waals surface area contributed by atoms with Crippen LogP contribution >= 0.6 is 0 Å². The number of nitrogens with zero attached hydrogens (tertiary/aromatic N) is 3. The van der Waals surface area contributed by atoms with Gasteiger partial charge in [0, 0.05) is 36.8 Å². The number of benzene rings is 1. The number of nitrogens with two attached hydrogens (primary N) is 1. The zero-order chi connectivity index (χ0) is 17.7. The van der Waals surface area contributed by atoms with E-state index in [0.717, 1.165) is 25.2 Å². The zero-order valence-corrected chi connectivity index (χ0v) is 15.6. The summed E-state index contributed by atoms with van der Waals surface area (Å²) in [6.07, 6.45) is 7.58. The van der Waals surface area contributed by atoms with Crippen LogP contribution in [-0.4, -0.2) is 60.6 Å². The maximum atomic E-state index is 12.7. The molecule has 4 aliphatic rings. The lowest BCUT2D eigenvalue weighted by Gasteiger charge is -2.45. The summed E-state index contributed by atoms with van der Waals surface area (Å²) >= 11 is 0. The molecule has 0 bridgehead atoms. The standard InChI is InChI=1S/C21H30N4O/c22-18-8-13-24-19(18)14-25(20(24)26)17-6-4-16(5-7-17)21(9-3-10-21)15-23-11-1-2-12-23/h4-7,18-19H,1-3,8-15,22H2/t18-,19-/m1/s1. The zero-order valence-electron chi connectivity index (χ0n) is 15.6. The van der Waals surface area contributed by atoms with E-state index >= 15 is 0 Å². The number of carbonyl (C=O) groups excluding carboxylic acids is 1. The largest absolute Gasteiger partial charge is 0.326 e. The van der Waals surface area contributed by atoms with Crippen molar-refractivity contribution in [1.29, 1.82) is 0 Å². The van der Waals surface area contributed by atoms with Crippen molar-refractivity contribution in [2.75, 3.05) is 37.6 Å². The summed E-state index contributed by atoms with van der Waals surface area (Å²) in [4.78, 5) is 19.2. The Hall–Kier alpha value is -1.59. The molecular formula is C21H30N4O. The highest BCUT2D eigenvalue weighted by Crippen LogP contribution is 2.45. The molecule has 3 saturated heterocycles. The molecule has 3 heterocycles. The van der Waals surface area contributed by atoms with Crippen molar-refractivity contribution in [3.63, 3.8) is 0 Å². The molecule has 140 valence electrons. The fourth-order valence-electron chi connectivity index (χ4n) is 5.49. The number of hydrogen-bond donors (Lipinski definition) is 1. The Bertz CT molecular complexity index is 678. The maximum absolute atomic E-state index is 12.7. The second-order valence-corrected chi connectivity index (χ2v) is 8.77. The van der Waals surface area contributed by atoms with E-state index in [0.29, 0.717) is 5.41 Å². The van der Waals surface area contributed by atoms with Crippen molar-refractivity contribution < 1.29 is 4.79 Å². The monoisotopic (exact) mass is 354 g/mol. The highest BCUT2D eigenvalue weighted by Gasteiger charge is 2.45. The number of hydrogen-bond acceptors (Lipinski definition) is 3. The van der Waals surface area contributed by atoms with Crippen LogP contribution in [0.2, 0.25) is 0 Å². The fourth-order valence-corrected chi connectivity index (χ4v) is 5.49. The van der Waals surface area contributed by atoms with E-state index < -0.39 is 0 Å². The van der Waals surface area contributed by atoms with Crippen LogP contribution in [0.15, 0.2) is 24.3 Å². The van der Waals surface area contributed by atoms with Crippen LogP contribution in [0.25, 0.3) is 0 Å². The molecule has 0 radical (unpaired) electrons. The van der Waals surface area contributed by atoms with Crippen LogP contribution in [-0.2, 0) is 5.41 Å². The fraction of sp³-hybridized carbons (Fsp3) is 0.667. The number of rotatable bonds is 4. The first-order chi connectivity index (χ1) is 12.7. The minimum Gasteiger partial charge on any atom is -0.326 e. The molecule has 0 unspecified atom stereocenters. The van der Waals surface area contributed by atoms with Crippen molar-refractivity contribution in [2.24, 2.45) is 5.73 Å². The van der Waals surface area contributed by atoms with E-state index in [1.807, 2.05) is 9.80 Å². The SMILES string of the molecule is N[C@@H]1CCN2C(=O)N(c3ccc(C4(CN5CCCC5)CCC4)cc3)C[C@H]12. The molecule has 2 amide bonds. The van der Waals surface area contributed by atoms with Crippen molar-refractivity contribution in [3.8, 4) is 0 Å². The first-order valence-electron chi connectivity index (χ1n) is 10.3. The summed E-state index contributed by atoms with van der Waals surface area (Å²) in [7, 11) is 0. The molecule has 5 nitrogen and oxygen atoms in total. The van der Waals surface area contributed by atoms with Gasteiger partial charge in [0.1, 0.15) is 0 Å². The first-order valence-corrected chi connectivity index (χ1v) is 10.3. The van der Waals surface area contributed by atoms with Crippen molar-refractivity contribution in [2.45, 2.75) is 56.0 Å². The molecule has 1 aliphatic carbocycles. The van der Waals surface area contributed by atoms with Gasteiger partial charge < -0.3 is 15.5 Å². The normalized spacial score (nSPS) is 30.7. The van der Waals surface area contributed by atoms with Gasteiger partial charge in [-0.25, -0.2) is 4.79 Å². The number of carbonyl (C=O) groups is 1. The van der Waals surface area contributed by atoms with Gasteiger partial charge in [-0.05, 0) is 62.9 Å². The Kier molecular flexibility index (Phi) is 3.98. The number of likely N-dealkylation sites (tertiary alicyclic amines) is 1. The Morgan fingerprint density at radius 3 is 2.38 bits per heavy atom. The van der Waals surface area contributed by atoms with Gasteiger partial charge >= 0.3 is 6.03 Å². The minimum absolute atomic E-state index is 0.127. The van der Waals surface area contributed by atoms with Gasteiger partial charge in [-0.2, -0.15) is 0 Å². The van der Waals surface area contributed by atoms with Gasteiger partial charge in [0.05, 0.1) is 6.04 Å². The number of anilines is 1. The molecule has 2 N–H and O–H groups in total. The van der Waals surface area contributed by atoms with Gasteiger partial charge in [0.15, 0.2) is 0 Å². The number of urea groups is 1. The summed E-state index contributed by atoms with van der Waals surface area (Å²) in [5, 5.41) is 0. The van der Waals surface area contributed by atoms with E-state index in [1.165, 1.54) is 57.3 Å². The quantitative estimate of drug-likeness (QED) is 0.904. The Labute approximate surface area is 156 Å². The van der Waals surface area contributed by atoms with Crippen molar-refractivity contribution >= 4 is 11.7 Å². The summed E-state index contributed by atoms with van der Waals surface area (Å²) in [6.45, 7) is 5.27. The lowest BCUT2D eigenvalue weighted by Crippen LogP contribution is -2.44. The lowest BCUT2D eigenvalue weighted by molar-refractivity contribution is 0.159. The molecule has 26 heavy (non-hydrogen) atoms. The third-order valence-electron chi connectivity index (χ3n) is 7.27. The summed E-state index contributed by atoms with van der Waals surface area (Å²) < 4.78 is 0. The summed E-state index contributed by atoms with van der Waals surface area (Å²) in [6, 6.07) is 9.32. The van der Waals surface area contributed by atoms with Gasteiger partial charge in [-0.15, -0.1) is 0 Å². The van der Waals surface area contributed by atoms with E-state index in [2.05, 4.69) is 29.2 Å². The summed E-state index contributed by atoms with van der Waals surface area (Å²) in [5.41, 5.74) is 9.01. The van der Waals surface area contributed by atoms with Crippen LogP contribution in [0.1, 0.15) is 44.1 Å². The predicted molar refractivity (Wildman–Crippen MR) is 103 cm³/mol. The van der Waals surface area contributed by atoms with Gasteiger partial charge in [0.2, 0.25) is 0 Å². The number of amides is 2. The molecule has 1 saturated carbocycles. The second-order valence-electron chi connectivity index (χ2n) is 8.77.